The third-order valence-corrected chi connectivity index (χ3v) is 4.39. The Morgan fingerprint density at radius 3 is 2.48 bits per heavy atom. The van der Waals surface area contributed by atoms with Crippen LogP contribution < -0.4 is 5.32 Å². The Bertz CT molecular complexity index is 458. The Balaban J connectivity index is 1.84. The van der Waals surface area contributed by atoms with Crippen molar-refractivity contribution >= 4 is 27.5 Å². The molecule has 0 aromatic heterocycles. The number of piperazine rings is 1. The van der Waals surface area contributed by atoms with Gasteiger partial charge in [-0.1, -0.05) is 15.9 Å². The number of hydrogen-bond donors (Lipinski definition) is 2. The van der Waals surface area contributed by atoms with Crippen LogP contribution in [0.1, 0.15) is 6.92 Å². The lowest BCUT2D eigenvalue weighted by Gasteiger charge is -2.37. The Morgan fingerprint density at radius 2 is 1.90 bits per heavy atom. The summed E-state index contributed by atoms with van der Waals surface area (Å²) in [5, 5.41) is 11.9. The smallest absolute Gasteiger partial charge is 0.241 e. The molecular formula is C15H22BrN3O2. The van der Waals surface area contributed by atoms with Crippen molar-refractivity contribution in [3.05, 3.63) is 28.7 Å². The van der Waals surface area contributed by atoms with Gasteiger partial charge in [0, 0.05) is 42.9 Å². The summed E-state index contributed by atoms with van der Waals surface area (Å²) < 4.78 is 0.994. The van der Waals surface area contributed by atoms with E-state index in [-0.39, 0.29) is 18.6 Å². The van der Waals surface area contributed by atoms with Gasteiger partial charge in [0.05, 0.1) is 12.6 Å². The van der Waals surface area contributed by atoms with Gasteiger partial charge >= 0.3 is 0 Å². The lowest BCUT2D eigenvalue weighted by molar-refractivity contribution is -0.121. The predicted octanol–water partition coefficient (Wildman–Crippen LogP) is 1.39. The number of carbonyl (C=O) groups excluding carboxylic acids is 1. The van der Waals surface area contributed by atoms with Gasteiger partial charge in [0.15, 0.2) is 0 Å². The van der Waals surface area contributed by atoms with Crippen molar-refractivity contribution in [3.8, 4) is 0 Å². The third kappa shape index (κ3) is 4.78. The Morgan fingerprint density at radius 1 is 1.29 bits per heavy atom. The average Bonchev–Trinajstić information content (AvgIpc) is 2.50. The predicted molar refractivity (Wildman–Crippen MR) is 87.3 cm³/mol. The number of nitrogens with zero attached hydrogens (tertiary/aromatic N) is 2. The lowest BCUT2D eigenvalue weighted by Crippen LogP contribution is -2.53. The van der Waals surface area contributed by atoms with E-state index in [2.05, 4.69) is 31.0 Å². The van der Waals surface area contributed by atoms with Gasteiger partial charge in [-0.3, -0.25) is 14.6 Å². The van der Waals surface area contributed by atoms with Crippen LogP contribution in [0.2, 0.25) is 0 Å². The summed E-state index contributed by atoms with van der Waals surface area (Å²) in [7, 11) is 0. The fourth-order valence-electron chi connectivity index (χ4n) is 2.46. The summed E-state index contributed by atoms with van der Waals surface area (Å²) in [6, 6.07) is 7.44. The molecule has 1 aliphatic rings. The fourth-order valence-corrected chi connectivity index (χ4v) is 2.73. The van der Waals surface area contributed by atoms with Gasteiger partial charge < -0.3 is 10.4 Å². The van der Waals surface area contributed by atoms with E-state index in [4.69, 9.17) is 5.11 Å². The molecule has 1 amide bonds. The summed E-state index contributed by atoms with van der Waals surface area (Å²) in [5.41, 5.74) is 0.814. The van der Waals surface area contributed by atoms with Crippen LogP contribution in [0.15, 0.2) is 28.7 Å². The number of carbonyl (C=O) groups is 1. The van der Waals surface area contributed by atoms with Crippen molar-refractivity contribution in [3.63, 3.8) is 0 Å². The zero-order valence-corrected chi connectivity index (χ0v) is 13.8. The molecule has 1 heterocycles. The van der Waals surface area contributed by atoms with E-state index in [9.17, 15) is 4.79 Å². The first-order valence-electron chi connectivity index (χ1n) is 7.24. The number of rotatable bonds is 5. The second-order valence-electron chi connectivity index (χ2n) is 5.27. The fraction of sp³-hybridized carbons (Fsp3) is 0.533. The highest BCUT2D eigenvalue weighted by Crippen LogP contribution is 2.15. The Kier molecular flexibility index (Phi) is 6.17. The number of halogens is 1. The number of nitrogens with one attached hydrogen (secondary N) is 1. The maximum atomic E-state index is 12.3. The first-order valence-corrected chi connectivity index (χ1v) is 8.03. The number of benzene rings is 1. The molecule has 1 aliphatic heterocycles. The van der Waals surface area contributed by atoms with Gasteiger partial charge in [-0.2, -0.15) is 0 Å². The van der Waals surface area contributed by atoms with Gasteiger partial charge in [0.25, 0.3) is 0 Å². The van der Waals surface area contributed by atoms with Crippen LogP contribution in [-0.2, 0) is 4.79 Å². The zero-order valence-electron chi connectivity index (χ0n) is 12.3. The highest BCUT2D eigenvalue weighted by atomic mass is 79.9. The van der Waals surface area contributed by atoms with Crippen molar-refractivity contribution in [1.82, 2.24) is 9.80 Å². The van der Waals surface area contributed by atoms with E-state index < -0.39 is 0 Å². The molecular weight excluding hydrogens is 334 g/mol. The topological polar surface area (TPSA) is 55.8 Å². The lowest BCUT2D eigenvalue weighted by atomic mass is 10.2. The van der Waals surface area contributed by atoms with Crippen LogP contribution in [0.25, 0.3) is 0 Å². The third-order valence-electron chi connectivity index (χ3n) is 3.86. The van der Waals surface area contributed by atoms with Crippen LogP contribution in [0.5, 0.6) is 0 Å². The SMILES string of the molecule is CC(C(=O)Nc1ccc(Br)cc1)N1CCN(CCO)CC1. The summed E-state index contributed by atoms with van der Waals surface area (Å²) in [6.07, 6.45) is 0. The number of aliphatic hydroxyl groups is 1. The highest BCUT2D eigenvalue weighted by Gasteiger charge is 2.25. The Hall–Kier alpha value is -0.950. The number of amides is 1. The van der Waals surface area contributed by atoms with Crippen molar-refractivity contribution in [2.24, 2.45) is 0 Å². The molecule has 1 aromatic carbocycles. The van der Waals surface area contributed by atoms with E-state index in [1.807, 2.05) is 31.2 Å². The number of anilines is 1. The minimum atomic E-state index is -0.148. The van der Waals surface area contributed by atoms with E-state index in [1.165, 1.54) is 0 Å². The molecule has 6 heteroatoms. The summed E-state index contributed by atoms with van der Waals surface area (Å²) in [6.45, 7) is 6.36. The van der Waals surface area contributed by atoms with Gasteiger partial charge in [-0.25, -0.2) is 0 Å². The maximum Gasteiger partial charge on any atom is 0.241 e. The van der Waals surface area contributed by atoms with E-state index in [0.717, 1.165) is 36.3 Å². The molecule has 0 bridgehead atoms. The van der Waals surface area contributed by atoms with Crippen LogP contribution in [0, 0.1) is 0 Å². The van der Waals surface area contributed by atoms with Gasteiger partial charge in [-0.05, 0) is 31.2 Å². The van der Waals surface area contributed by atoms with Crippen LogP contribution in [-0.4, -0.2) is 66.2 Å². The molecule has 1 fully saturated rings. The van der Waals surface area contributed by atoms with Crippen molar-refractivity contribution in [2.75, 3.05) is 44.6 Å². The molecule has 1 aromatic rings. The summed E-state index contributed by atoms with van der Waals surface area (Å²) in [4.78, 5) is 16.7. The minimum Gasteiger partial charge on any atom is -0.395 e. The number of aliphatic hydroxyl groups excluding tert-OH is 1. The molecule has 1 saturated heterocycles. The monoisotopic (exact) mass is 355 g/mol. The van der Waals surface area contributed by atoms with Crippen LogP contribution in [0.3, 0.4) is 0 Å². The normalized spacial score (nSPS) is 18.4. The summed E-state index contributed by atoms with van der Waals surface area (Å²) in [5.74, 6) is 0.0212. The molecule has 0 spiro atoms. The molecule has 0 radical (unpaired) electrons. The second kappa shape index (κ2) is 7.89. The average molecular weight is 356 g/mol. The molecule has 2 rings (SSSR count). The number of hydrogen-bond acceptors (Lipinski definition) is 4. The van der Waals surface area contributed by atoms with E-state index >= 15 is 0 Å². The zero-order chi connectivity index (χ0) is 15.2. The van der Waals surface area contributed by atoms with Crippen LogP contribution in [0.4, 0.5) is 5.69 Å². The first kappa shape index (κ1) is 16.4. The van der Waals surface area contributed by atoms with Gasteiger partial charge in [0.2, 0.25) is 5.91 Å². The largest absolute Gasteiger partial charge is 0.395 e. The molecule has 116 valence electrons. The van der Waals surface area contributed by atoms with Crippen molar-refractivity contribution < 1.29 is 9.90 Å². The molecule has 21 heavy (non-hydrogen) atoms. The maximum absolute atomic E-state index is 12.3. The molecule has 0 saturated carbocycles. The molecule has 1 unspecified atom stereocenters. The minimum absolute atomic E-state index is 0.0212. The standard InChI is InChI=1S/C15H22BrN3O2/c1-12(19-8-6-18(7-9-19)10-11-20)15(21)17-14-4-2-13(16)3-5-14/h2-5,12,20H,6-11H2,1H3,(H,17,21). The number of β-amino-alcohol motifs (C(OH)–C–C–N with tert-alkyl or cyclic N) is 1. The van der Waals surface area contributed by atoms with Gasteiger partial charge in [0.1, 0.15) is 0 Å². The van der Waals surface area contributed by atoms with Gasteiger partial charge in [-0.15, -0.1) is 0 Å². The summed E-state index contributed by atoms with van der Waals surface area (Å²) >= 11 is 3.38. The molecule has 0 aliphatic carbocycles. The van der Waals surface area contributed by atoms with Crippen LogP contribution >= 0.6 is 15.9 Å². The van der Waals surface area contributed by atoms with E-state index in [0.29, 0.717) is 6.54 Å². The van der Waals surface area contributed by atoms with Crippen molar-refractivity contribution in [2.45, 2.75) is 13.0 Å². The molecule has 1 atom stereocenters. The molecule has 2 N–H and O–H groups in total. The molecule has 5 nitrogen and oxygen atoms in total. The van der Waals surface area contributed by atoms with Crippen molar-refractivity contribution in [1.29, 1.82) is 0 Å². The van der Waals surface area contributed by atoms with E-state index in [1.54, 1.807) is 0 Å². The highest BCUT2D eigenvalue weighted by molar-refractivity contribution is 9.10. The second-order valence-corrected chi connectivity index (χ2v) is 6.19. The quantitative estimate of drug-likeness (QED) is 0.837. The first-order chi connectivity index (χ1) is 10.1. The Labute approximate surface area is 134 Å².